The van der Waals surface area contributed by atoms with Crippen LogP contribution in [-0.2, 0) is 16.1 Å². The number of methoxy groups -OCH3 is 1. The number of imide groups is 1. The fraction of sp³-hybridized carbons (Fsp3) is 0.211. The zero-order valence-electron chi connectivity index (χ0n) is 13.7. The van der Waals surface area contributed by atoms with Crippen LogP contribution < -0.4 is 10.1 Å². The second-order valence-electron chi connectivity index (χ2n) is 6.07. The maximum atomic E-state index is 12.3. The van der Waals surface area contributed by atoms with E-state index in [1.807, 2.05) is 54.6 Å². The third-order valence-corrected chi connectivity index (χ3v) is 4.54. The first-order chi connectivity index (χ1) is 12.2. The van der Waals surface area contributed by atoms with Crippen LogP contribution in [-0.4, -0.2) is 35.7 Å². The molecule has 2 aliphatic heterocycles. The smallest absolute Gasteiger partial charge is 0.252 e. The molecule has 2 aromatic carbocycles. The number of nitrogens with one attached hydrogen (secondary N) is 1. The van der Waals surface area contributed by atoms with E-state index in [9.17, 15) is 9.59 Å². The van der Waals surface area contributed by atoms with Crippen molar-refractivity contribution in [1.29, 1.82) is 0 Å². The molecule has 25 heavy (non-hydrogen) atoms. The summed E-state index contributed by atoms with van der Waals surface area (Å²) in [5.74, 6) is -0.435. The predicted molar refractivity (Wildman–Crippen MR) is 91.9 cm³/mol. The van der Waals surface area contributed by atoms with Crippen molar-refractivity contribution in [3.8, 4) is 5.75 Å². The average Bonchev–Trinajstić information content (AvgIpc) is 3.15. The molecular weight excluding hydrogens is 318 g/mol. The zero-order valence-corrected chi connectivity index (χ0v) is 13.7. The number of fused-ring (bicyclic) bond motifs is 1. The van der Waals surface area contributed by atoms with Crippen molar-refractivity contribution in [1.82, 2.24) is 10.3 Å². The summed E-state index contributed by atoms with van der Waals surface area (Å²) < 4.78 is 5.17. The van der Waals surface area contributed by atoms with E-state index in [-0.39, 0.29) is 11.8 Å². The molecule has 6 heteroatoms. The van der Waals surface area contributed by atoms with Crippen LogP contribution in [0, 0.1) is 5.92 Å². The summed E-state index contributed by atoms with van der Waals surface area (Å²) in [6.07, 6.45) is 0. The fourth-order valence-corrected chi connectivity index (χ4v) is 3.32. The van der Waals surface area contributed by atoms with Gasteiger partial charge in [-0.25, -0.2) is 0 Å². The first kappa shape index (κ1) is 15.4. The maximum absolute atomic E-state index is 12.3. The van der Waals surface area contributed by atoms with E-state index in [1.165, 1.54) is 0 Å². The number of amides is 2. The van der Waals surface area contributed by atoms with Crippen LogP contribution in [0.15, 0.2) is 59.7 Å². The number of rotatable bonds is 4. The van der Waals surface area contributed by atoms with Gasteiger partial charge in [0.15, 0.2) is 0 Å². The Labute approximate surface area is 145 Å². The van der Waals surface area contributed by atoms with Gasteiger partial charge < -0.3 is 4.74 Å². The quantitative estimate of drug-likeness (QED) is 0.861. The van der Waals surface area contributed by atoms with E-state index in [4.69, 9.17) is 4.74 Å². The van der Waals surface area contributed by atoms with Gasteiger partial charge in [0.2, 0.25) is 5.91 Å². The first-order valence-corrected chi connectivity index (χ1v) is 8.05. The number of hydrogen-bond donors (Lipinski definition) is 1. The molecule has 0 saturated carbocycles. The van der Waals surface area contributed by atoms with Crippen LogP contribution in [0.25, 0.3) is 0 Å². The molecule has 6 nitrogen and oxygen atoms in total. The van der Waals surface area contributed by atoms with Crippen LogP contribution >= 0.6 is 0 Å². The molecule has 2 aromatic rings. The minimum Gasteiger partial charge on any atom is -0.497 e. The van der Waals surface area contributed by atoms with Gasteiger partial charge in [-0.05, 0) is 35.4 Å². The number of carbonyl (C=O) groups is 2. The highest BCUT2D eigenvalue weighted by Gasteiger charge is 2.52. The Morgan fingerprint density at radius 1 is 1.04 bits per heavy atom. The van der Waals surface area contributed by atoms with Crippen molar-refractivity contribution in [2.24, 2.45) is 11.0 Å². The molecule has 0 spiro atoms. The second-order valence-corrected chi connectivity index (χ2v) is 6.07. The summed E-state index contributed by atoms with van der Waals surface area (Å²) >= 11 is 0. The van der Waals surface area contributed by atoms with Crippen molar-refractivity contribution in [2.45, 2.75) is 12.6 Å². The summed E-state index contributed by atoms with van der Waals surface area (Å²) in [5.41, 5.74) is 2.47. The lowest BCUT2D eigenvalue weighted by Gasteiger charge is -2.20. The van der Waals surface area contributed by atoms with E-state index < -0.39 is 12.0 Å². The minimum absolute atomic E-state index is 0.292. The van der Waals surface area contributed by atoms with Gasteiger partial charge in [-0.3, -0.25) is 19.9 Å². The van der Waals surface area contributed by atoms with E-state index in [1.54, 1.807) is 12.1 Å². The topological polar surface area (TPSA) is 71.0 Å². The van der Waals surface area contributed by atoms with Crippen molar-refractivity contribution in [3.05, 3.63) is 65.7 Å². The van der Waals surface area contributed by atoms with Crippen molar-refractivity contribution in [3.63, 3.8) is 0 Å². The Balaban J connectivity index is 1.70. The summed E-state index contributed by atoms with van der Waals surface area (Å²) in [6, 6.07) is 16.5. The molecule has 1 N–H and O–H groups in total. The summed E-state index contributed by atoms with van der Waals surface area (Å²) in [7, 11) is 1.60. The molecule has 0 bridgehead atoms. The molecule has 2 atom stereocenters. The third kappa shape index (κ3) is 2.65. The van der Waals surface area contributed by atoms with Gasteiger partial charge in [-0.15, -0.1) is 0 Å². The standard InChI is InChI=1S/C19H17N3O3/c1-25-14-9-7-13(8-10-14)16-15-17(19(24)20-18(15)23)22(21-16)11-12-5-3-2-4-6-12/h2-10,15,17H,11H2,1H3,(H,20,23,24)/t15-,17-/m1/s1. The van der Waals surface area contributed by atoms with Crippen LogP contribution in [0.1, 0.15) is 11.1 Å². The van der Waals surface area contributed by atoms with Crippen LogP contribution in [0.5, 0.6) is 5.75 Å². The minimum atomic E-state index is -0.593. The fourth-order valence-electron chi connectivity index (χ4n) is 3.32. The van der Waals surface area contributed by atoms with E-state index in [0.717, 1.165) is 16.9 Å². The van der Waals surface area contributed by atoms with Gasteiger partial charge in [-0.2, -0.15) is 5.10 Å². The second kappa shape index (κ2) is 6.05. The van der Waals surface area contributed by atoms with Gasteiger partial charge in [0.05, 0.1) is 19.4 Å². The van der Waals surface area contributed by atoms with Crippen LogP contribution in [0.4, 0.5) is 0 Å². The Hall–Kier alpha value is -3.15. The summed E-state index contributed by atoms with van der Waals surface area (Å²) in [4.78, 5) is 24.6. The molecule has 1 fully saturated rings. The molecule has 1 saturated heterocycles. The molecule has 0 radical (unpaired) electrons. The lowest BCUT2D eigenvalue weighted by Crippen LogP contribution is -2.37. The predicted octanol–water partition coefficient (Wildman–Crippen LogP) is 1.56. The number of hydrogen-bond acceptors (Lipinski definition) is 5. The van der Waals surface area contributed by atoms with E-state index in [0.29, 0.717) is 12.3 Å². The molecule has 0 aromatic heterocycles. The molecular formula is C19H17N3O3. The largest absolute Gasteiger partial charge is 0.497 e. The monoisotopic (exact) mass is 335 g/mol. The SMILES string of the molecule is COc1ccc(C2=NN(Cc3ccccc3)[C@H]3C(=O)NC(=O)[C@H]23)cc1. The highest BCUT2D eigenvalue weighted by molar-refractivity contribution is 6.23. The normalized spacial score (nSPS) is 21.8. The highest BCUT2D eigenvalue weighted by Crippen LogP contribution is 2.31. The van der Waals surface area contributed by atoms with Crippen molar-refractivity contribution < 1.29 is 14.3 Å². The molecule has 0 aliphatic carbocycles. The van der Waals surface area contributed by atoms with Crippen molar-refractivity contribution in [2.75, 3.05) is 7.11 Å². The Kier molecular flexibility index (Phi) is 3.72. The Morgan fingerprint density at radius 3 is 2.44 bits per heavy atom. The third-order valence-electron chi connectivity index (χ3n) is 4.54. The number of nitrogens with zero attached hydrogens (tertiary/aromatic N) is 2. The molecule has 2 amide bonds. The number of ether oxygens (including phenoxy) is 1. The van der Waals surface area contributed by atoms with Crippen molar-refractivity contribution >= 4 is 17.5 Å². The highest BCUT2D eigenvalue weighted by atomic mass is 16.5. The lowest BCUT2D eigenvalue weighted by molar-refractivity contribution is -0.126. The number of carbonyl (C=O) groups excluding carboxylic acids is 2. The van der Waals surface area contributed by atoms with E-state index >= 15 is 0 Å². The maximum Gasteiger partial charge on any atom is 0.252 e. The molecule has 126 valence electrons. The van der Waals surface area contributed by atoms with Gasteiger partial charge in [0, 0.05) is 0 Å². The Bertz CT molecular complexity index is 846. The van der Waals surface area contributed by atoms with Gasteiger partial charge in [-0.1, -0.05) is 30.3 Å². The van der Waals surface area contributed by atoms with Gasteiger partial charge in [0.1, 0.15) is 17.7 Å². The van der Waals surface area contributed by atoms with Gasteiger partial charge >= 0.3 is 0 Å². The summed E-state index contributed by atoms with van der Waals surface area (Å²) in [6.45, 7) is 0.475. The van der Waals surface area contributed by atoms with Gasteiger partial charge in [0.25, 0.3) is 5.91 Å². The zero-order chi connectivity index (χ0) is 17.4. The summed E-state index contributed by atoms with van der Waals surface area (Å²) in [5, 5.41) is 8.76. The first-order valence-electron chi connectivity index (χ1n) is 8.05. The van der Waals surface area contributed by atoms with Crippen LogP contribution in [0.2, 0.25) is 0 Å². The lowest BCUT2D eigenvalue weighted by atomic mass is 9.93. The van der Waals surface area contributed by atoms with E-state index in [2.05, 4.69) is 10.4 Å². The average molecular weight is 335 g/mol. The molecule has 4 rings (SSSR count). The molecule has 0 unspecified atom stereocenters. The number of hydrazone groups is 1. The van der Waals surface area contributed by atoms with Crippen LogP contribution in [0.3, 0.4) is 0 Å². The number of benzene rings is 2. The molecule has 2 heterocycles. The Morgan fingerprint density at radius 2 is 1.76 bits per heavy atom. The molecule has 2 aliphatic rings.